The standard InChI is InChI=1S/C25H38ClN3O3S/c1-17(2)18-4-6-19(7-5-18)23-21-16-20(26)8-9-22(21)25(10-12-27-13-11-25)24(30)29(23)15-14-28-33(3,31)32/h8-9,16-19,23,27-28H,4-7,10-15H2,1-3H3. The van der Waals surface area contributed by atoms with Crippen LogP contribution in [0.15, 0.2) is 18.2 Å². The van der Waals surface area contributed by atoms with E-state index in [0.29, 0.717) is 23.4 Å². The van der Waals surface area contributed by atoms with Crippen molar-refractivity contribution in [2.75, 3.05) is 32.4 Å². The Bertz CT molecular complexity index is 967. The van der Waals surface area contributed by atoms with Gasteiger partial charge in [-0.15, -0.1) is 0 Å². The molecule has 0 bridgehead atoms. The van der Waals surface area contributed by atoms with E-state index in [1.165, 1.54) is 24.7 Å². The number of piperidine rings is 1. The van der Waals surface area contributed by atoms with E-state index in [9.17, 15) is 13.2 Å². The molecule has 33 heavy (non-hydrogen) atoms. The van der Waals surface area contributed by atoms with Gasteiger partial charge >= 0.3 is 0 Å². The number of nitrogens with zero attached hydrogens (tertiary/aromatic N) is 1. The number of sulfonamides is 1. The summed E-state index contributed by atoms with van der Waals surface area (Å²) >= 11 is 6.51. The van der Waals surface area contributed by atoms with Crippen LogP contribution in [0.5, 0.6) is 0 Å². The number of carbonyl (C=O) groups excluding carboxylic acids is 1. The van der Waals surface area contributed by atoms with Crippen molar-refractivity contribution in [3.8, 4) is 0 Å². The molecular weight excluding hydrogens is 458 g/mol. The Morgan fingerprint density at radius 3 is 2.45 bits per heavy atom. The van der Waals surface area contributed by atoms with E-state index in [2.05, 4.69) is 36.0 Å². The van der Waals surface area contributed by atoms with Gasteiger partial charge in [0.2, 0.25) is 15.9 Å². The average Bonchev–Trinajstić information content (AvgIpc) is 2.77. The summed E-state index contributed by atoms with van der Waals surface area (Å²) in [4.78, 5) is 16.2. The maximum absolute atomic E-state index is 14.2. The predicted octanol–water partition coefficient (Wildman–Crippen LogP) is 3.86. The van der Waals surface area contributed by atoms with E-state index in [4.69, 9.17) is 11.6 Å². The molecule has 1 atom stereocenters. The van der Waals surface area contributed by atoms with Gasteiger partial charge in [0.1, 0.15) is 0 Å². The second-order valence-electron chi connectivity index (χ2n) is 10.6. The third-order valence-electron chi connectivity index (χ3n) is 8.23. The summed E-state index contributed by atoms with van der Waals surface area (Å²) in [7, 11) is -3.32. The number of carbonyl (C=O) groups is 1. The Labute approximate surface area is 203 Å². The Hall–Kier alpha value is -1.15. The fraction of sp³-hybridized carbons (Fsp3) is 0.720. The van der Waals surface area contributed by atoms with E-state index in [-0.39, 0.29) is 18.5 Å². The van der Waals surface area contributed by atoms with Gasteiger partial charge in [0.05, 0.1) is 17.7 Å². The molecule has 1 saturated heterocycles. The molecule has 0 aromatic heterocycles. The predicted molar refractivity (Wildman–Crippen MR) is 133 cm³/mol. The molecule has 8 heteroatoms. The minimum absolute atomic E-state index is 0.0545. The van der Waals surface area contributed by atoms with Crippen LogP contribution in [0.3, 0.4) is 0 Å². The van der Waals surface area contributed by atoms with E-state index >= 15 is 0 Å². The molecule has 1 aromatic carbocycles. The summed E-state index contributed by atoms with van der Waals surface area (Å²) in [5, 5.41) is 4.10. The van der Waals surface area contributed by atoms with Crippen molar-refractivity contribution in [2.45, 2.75) is 63.8 Å². The molecule has 1 amide bonds. The molecule has 6 nitrogen and oxygen atoms in total. The highest BCUT2D eigenvalue weighted by atomic mass is 35.5. The minimum atomic E-state index is -3.32. The lowest BCUT2D eigenvalue weighted by Crippen LogP contribution is -2.59. The Balaban J connectivity index is 1.73. The second-order valence-corrected chi connectivity index (χ2v) is 12.9. The van der Waals surface area contributed by atoms with Crippen molar-refractivity contribution in [1.29, 1.82) is 0 Å². The number of amides is 1. The number of hydrogen-bond donors (Lipinski definition) is 2. The summed E-state index contributed by atoms with van der Waals surface area (Å²) in [6, 6.07) is 6.02. The first kappa shape index (κ1) is 25.0. The molecule has 1 spiro atoms. The Morgan fingerprint density at radius 1 is 1.18 bits per heavy atom. The molecule has 2 N–H and O–H groups in total. The lowest BCUT2D eigenvalue weighted by atomic mass is 9.64. The summed E-state index contributed by atoms with van der Waals surface area (Å²) < 4.78 is 26.1. The van der Waals surface area contributed by atoms with E-state index in [1.807, 2.05) is 11.0 Å². The van der Waals surface area contributed by atoms with E-state index in [1.54, 1.807) is 0 Å². The molecule has 4 rings (SSSR count). The maximum atomic E-state index is 14.2. The van der Waals surface area contributed by atoms with Crippen LogP contribution >= 0.6 is 11.6 Å². The van der Waals surface area contributed by atoms with Crippen LogP contribution in [-0.4, -0.2) is 51.7 Å². The van der Waals surface area contributed by atoms with Gasteiger partial charge < -0.3 is 10.2 Å². The first-order valence-corrected chi connectivity index (χ1v) is 14.7. The van der Waals surface area contributed by atoms with Gasteiger partial charge in [-0.25, -0.2) is 13.1 Å². The zero-order valence-corrected chi connectivity index (χ0v) is 21.6. The van der Waals surface area contributed by atoms with Crippen LogP contribution in [-0.2, 0) is 20.2 Å². The Morgan fingerprint density at radius 2 is 1.85 bits per heavy atom. The number of benzene rings is 1. The minimum Gasteiger partial charge on any atom is -0.333 e. The summed E-state index contributed by atoms with van der Waals surface area (Å²) in [6.45, 7) is 6.80. The Kier molecular flexibility index (Phi) is 7.44. The van der Waals surface area contributed by atoms with Crippen LogP contribution in [0.1, 0.15) is 69.5 Å². The topological polar surface area (TPSA) is 78.5 Å². The van der Waals surface area contributed by atoms with Crippen LogP contribution in [0, 0.1) is 17.8 Å². The van der Waals surface area contributed by atoms with Crippen molar-refractivity contribution in [3.05, 3.63) is 34.3 Å². The second kappa shape index (κ2) is 9.84. The SMILES string of the molecule is CC(C)C1CCC(C2c3cc(Cl)ccc3C3(CCNCC3)C(=O)N2CCNS(C)(=O)=O)CC1. The average molecular weight is 496 g/mol. The smallest absolute Gasteiger partial charge is 0.233 e. The van der Waals surface area contributed by atoms with Gasteiger partial charge in [-0.2, -0.15) is 0 Å². The number of nitrogens with one attached hydrogen (secondary N) is 2. The number of fused-ring (bicyclic) bond motifs is 2. The normalized spacial score (nSPS) is 27.7. The van der Waals surface area contributed by atoms with Crippen molar-refractivity contribution < 1.29 is 13.2 Å². The van der Waals surface area contributed by atoms with Crippen LogP contribution in [0.4, 0.5) is 0 Å². The quantitative estimate of drug-likeness (QED) is 0.628. The lowest BCUT2D eigenvalue weighted by molar-refractivity contribution is -0.145. The molecule has 1 aromatic rings. The molecule has 1 saturated carbocycles. The molecular formula is C25H38ClN3O3S. The van der Waals surface area contributed by atoms with Gasteiger partial charge in [-0.3, -0.25) is 4.79 Å². The summed E-state index contributed by atoms with van der Waals surface area (Å²) in [5.74, 6) is 1.92. The highest BCUT2D eigenvalue weighted by Gasteiger charge is 2.52. The molecule has 184 valence electrons. The monoisotopic (exact) mass is 495 g/mol. The molecule has 1 unspecified atom stereocenters. The molecule has 2 aliphatic heterocycles. The molecule has 3 aliphatic rings. The van der Waals surface area contributed by atoms with Gasteiger partial charge in [0, 0.05) is 18.1 Å². The number of halogens is 1. The van der Waals surface area contributed by atoms with E-state index in [0.717, 1.165) is 50.3 Å². The molecule has 0 radical (unpaired) electrons. The van der Waals surface area contributed by atoms with Crippen molar-refractivity contribution in [2.24, 2.45) is 17.8 Å². The molecule has 2 heterocycles. The van der Waals surface area contributed by atoms with Crippen molar-refractivity contribution in [3.63, 3.8) is 0 Å². The van der Waals surface area contributed by atoms with Crippen LogP contribution in [0.2, 0.25) is 5.02 Å². The van der Waals surface area contributed by atoms with Crippen LogP contribution in [0.25, 0.3) is 0 Å². The maximum Gasteiger partial charge on any atom is 0.233 e. The first-order chi connectivity index (χ1) is 15.6. The van der Waals surface area contributed by atoms with Gasteiger partial charge in [-0.05, 0) is 92.6 Å². The van der Waals surface area contributed by atoms with Gasteiger partial charge in [0.15, 0.2) is 0 Å². The fourth-order valence-corrected chi connectivity index (χ4v) is 7.11. The van der Waals surface area contributed by atoms with Gasteiger partial charge in [-0.1, -0.05) is 31.5 Å². The van der Waals surface area contributed by atoms with E-state index < -0.39 is 15.4 Å². The van der Waals surface area contributed by atoms with Crippen molar-refractivity contribution >= 4 is 27.5 Å². The zero-order chi connectivity index (χ0) is 23.8. The fourth-order valence-electron chi connectivity index (χ4n) is 6.46. The van der Waals surface area contributed by atoms with Crippen LogP contribution < -0.4 is 10.0 Å². The highest BCUT2D eigenvalue weighted by molar-refractivity contribution is 7.88. The summed E-state index contributed by atoms with van der Waals surface area (Å²) in [5.41, 5.74) is 1.76. The summed E-state index contributed by atoms with van der Waals surface area (Å²) in [6.07, 6.45) is 7.18. The molecule has 2 fully saturated rings. The number of hydrogen-bond acceptors (Lipinski definition) is 4. The largest absolute Gasteiger partial charge is 0.333 e. The lowest BCUT2D eigenvalue weighted by Gasteiger charge is -2.52. The van der Waals surface area contributed by atoms with Gasteiger partial charge in [0.25, 0.3) is 0 Å². The van der Waals surface area contributed by atoms with Crippen molar-refractivity contribution in [1.82, 2.24) is 14.9 Å². The molecule has 1 aliphatic carbocycles. The zero-order valence-electron chi connectivity index (χ0n) is 20.1. The third kappa shape index (κ3) is 5.12. The first-order valence-electron chi connectivity index (χ1n) is 12.4. The number of rotatable bonds is 6. The highest BCUT2D eigenvalue weighted by Crippen LogP contribution is 2.51. The third-order valence-corrected chi connectivity index (χ3v) is 9.20.